The second kappa shape index (κ2) is 7.10. The predicted molar refractivity (Wildman–Crippen MR) is 89.0 cm³/mol. The third-order valence-corrected chi connectivity index (χ3v) is 4.47. The maximum absolute atomic E-state index is 12.7. The first kappa shape index (κ1) is 16.0. The maximum Gasteiger partial charge on any atom is 0.261 e. The van der Waals surface area contributed by atoms with Crippen molar-refractivity contribution in [2.24, 2.45) is 5.92 Å². The molecule has 1 atom stereocenters. The van der Waals surface area contributed by atoms with Gasteiger partial charge in [0.2, 0.25) is 0 Å². The summed E-state index contributed by atoms with van der Waals surface area (Å²) in [5.41, 5.74) is 0.712. The van der Waals surface area contributed by atoms with Gasteiger partial charge in [0.05, 0.1) is 30.9 Å². The number of benzene rings is 1. The summed E-state index contributed by atoms with van der Waals surface area (Å²) in [7, 11) is 3.32. The van der Waals surface area contributed by atoms with Crippen molar-refractivity contribution in [2.45, 2.75) is 13.0 Å². The molecule has 124 valence electrons. The summed E-state index contributed by atoms with van der Waals surface area (Å²) in [6, 6.07) is 5.41. The van der Waals surface area contributed by atoms with E-state index in [0.29, 0.717) is 29.1 Å². The first-order valence-corrected chi connectivity index (χ1v) is 7.95. The van der Waals surface area contributed by atoms with Gasteiger partial charge >= 0.3 is 0 Å². The molecule has 23 heavy (non-hydrogen) atoms. The Kier molecular flexibility index (Phi) is 4.93. The number of methoxy groups -OCH3 is 2. The normalized spacial score (nSPS) is 18.6. The quantitative estimate of drug-likeness (QED) is 0.805. The topological polar surface area (TPSA) is 56.6 Å². The third-order valence-electron chi connectivity index (χ3n) is 4.47. The number of hydrogen-bond donors (Lipinski definition) is 0. The molecule has 1 aliphatic heterocycles. The molecule has 0 amide bonds. The van der Waals surface area contributed by atoms with E-state index in [4.69, 9.17) is 9.47 Å². The molecule has 1 fully saturated rings. The number of ether oxygens (including phenoxy) is 2. The zero-order valence-corrected chi connectivity index (χ0v) is 13.7. The Morgan fingerprint density at radius 2 is 2.22 bits per heavy atom. The molecule has 1 aromatic heterocycles. The first-order valence-electron chi connectivity index (χ1n) is 7.95. The monoisotopic (exact) mass is 317 g/mol. The van der Waals surface area contributed by atoms with Crippen LogP contribution in [0.3, 0.4) is 0 Å². The van der Waals surface area contributed by atoms with E-state index in [1.807, 2.05) is 12.1 Å². The Hall–Kier alpha value is -1.92. The van der Waals surface area contributed by atoms with Gasteiger partial charge < -0.3 is 14.4 Å². The highest BCUT2D eigenvalue weighted by atomic mass is 16.5. The van der Waals surface area contributed by atoms with Gasteiger partial charge in [0.15, 0.2) is 0 Å². The van der Waals surface area contributed by atoms with Crippen molar-refractivity contribution < 1.29 is 9.47 Å². The molecule has 0 spiro atoms. The Morgan fingerprint density at radius 1 is 1.35 bits per heavy atom. The average Bonchev–Trinajstić information content (AvgIpc) is 3.03. The van der Waals surface area contributed by atoms with Gasteiger partial charge in [0.25, 0.3) is 5.56 Å². The van der Waals surface area contributed by atoms with Gasteiger partial charge in [-0.25, -0.2) is 4.98 Å². The van der Waals surface area contributed by atoms with Crippen LogP contribution in [0.1, 0.15) is 6.42 Å². The molecule has 1 saturated heterocycles. The molecule has 6 nitrogen and oxygen atoms in total. The van der Waals surface area contributed by atoms with Crippen molar-refractivity contribution in [1.82, 2.24) is 14.5 Å². The maximum atomic E-state index is 12.7. The van der Waals surface area contributed by atoms with E-state index in [-0.39, 0.29) is 5.56 Å². The number of hydrogen-bond acceptors (Lipinski definition) is 5. The third kappa shape index (κ3) is 3.54. The number of aromatic nitrogens is 2. The van der Waals surface area contributed by atoms with Gasteiger partial charge in [0.1, 0.15) is 5.75 Å². The summed E-state index contributed by atoms with van der Waals surface area (Å²) in [6.07, 6.45) is 2.77. The van der Waals surface area contributed by atoms with E-state index in [0.717, 1.165) is 32.7 Å². The lowest BCUT2D eigenvalue weighted by atomic mass is 10.1. The summed E-state index contributed by atoms with van der Waals surface area (Å²) < 4.78 is 12.1. The van der Waals surface area contributed by atoms with Crippen molar-refractivity contribution in [3.8, 4) is 5.75 Å². The standard InChI is InChI=1S/C17H23N3O3/c1-22-8-7-19-6-5-13(10-19)11-20-12-18-16-4-3-14(23-2)9-15(16)17(20)21/h3-4,9,12-13H,5-8,10-11H2,1-2H3/t13-/m0/s1. The molecule has 0 bridgehead atoms. The van der Waals surface area contributed by atoms with Gasteiger partial charge in [-0.2, -0.15) is 0 Å². The molecular formula is C17H23N3O3. The average molecular weight is 317 g/mol. The number of nitrogens with zero attached hydrogens (tertiary/aromatic N) is 3. The van der Waals surface area contributed by atoms with Gasteiger partial charge in [-0.3, -0.25) is 9.36 Å². The lowest BCUT2D eigenvalue weighted by Crippen LogP contribution is -2.28. The fourth-order valence-corrected chi connectivity index (χ4v) is 3.16. The fourth-order valence-electron chi connectivity index (χ4n) is 3.16. The van der Waals surface area contributed by atoms with Crippen LogP contribution in [0.15, 0.2) is 29.3 Å². The van der Waals surface area contributed by atoms with E-state index in [1.54, 1.807) is 31.2 Å². The highest BCUT2D eigenvalue weighted by Gasteiger charge is 2.23. The SMILES string of the molecule is COCCN1CC[C@H](Cn2cnc3ccc(OC)cc3c2=O)C1. The van der Waals surface area contributed by atoms with Crippen molar-refractivity contribution in [1.29, 1.82) is 0 Å². The second-order valence-corrected chi connectivity index (χ2v) is 6.03. The number of fused-ring (bicyclic) bond motifs is 1. The molecule has 0 aliphatic carbocycles. The van der Waals surface area contributed by atoms with Crippen molar-refractivity contribution in [3.63, 3.8) is 0 Å². The lowest BCUT2D eigenvalue weighted by Gasteiger charge is -2.16. The van der Waals surface area contributed by atoms with Crippen LogP contribution in [-0.2, 0) is 11.3 Å². The van der Waals surface area contributed by atoms with Crippen LogP contribution in [0, 0.1) is 5.92 Å². The van der Waals surface area contributed by atoms with Crippen LogP contribution in [0.25, 0.3) is 10.9 Å². The summed E-state index contributed by atoms with van der Waals surface area (Å²) >= 11 is 0. The number of rotatable bonds is 6. The Morgan fingerprint density at radius 3 is 3.00 bits per heavy atom. The van der Waals surface area contributed by atoms with Crippen LogP contribution in [0.5, 0.6) is 5.75 Å². The smallest absolute Gasteiger partial charge is 0.261 e. The van der Waals surface area contributed by atoms with Crippen LogP contribution in [0.2, 0.25) is 0 Å². The summed E-state index contributed by atoms with van der Waals surface area (Å²) in [6.45, 7) is 4.49. The van der Waals surface area contributed by atoms with E-state index in [9.17, 15) is 4.79 Å². The van der Waals surface area contributed by atoms with Crippen LogP contribution in [0.4, 0.5) is 0 Å². The van der Waals surface area contributed by atoms with Crippen LogP contribution < -0.4 is 10.3 Å². The van der Waals surface area contributed by atoms with E-state index >= 15 is 0 Å². The lowest BCUT2D eigenvalue weighted by molar-refractivity contribution is 0.158. The molecule has 0 saturated carbocycles. The summed E-state index contributed by atoms with van der Waals surface area (Å²) in [5, 5.41) is 0.612. The minimum absolute atomic E-state index is 0.00393. The van der Waals surface area contributed by atoms with Crippen molar-refractivity contribution >= 4 is 10.9 Å². The predicted octanol–water partition coefficient (Wildman–Crippen LogP) is 1.37. The molecule has 6 heteroatoms. The zero-order valence-electron chi connectivity index (χ0n) is 13.7. The Balaban J connectivity index is 1.76. The fraction of sp³-hybridized carbons (Fsp3) is 0.529. The van der Waals surface area contributed by atoms with Crippen LogP contribution in [-0.4, -0.2) is 54.9 Å². The highest BCUT2D eigenvalue weighted by molar-refractivity contribution is 5.78. The Labute approximate surface area is 135 Å². The van der Waals surface area contributed by atoms with Crippen molar-refractivity contribution in [2.75, 3.05) is 40.5 Å². The van der Waals surface area contributed by atoms with Gasteiger partial charge in [-0.15, -0.1) is 0 Å². The molecular weight excluding hydrogens is 294 g/mol. The second-order valence-electron chi connectivity index (χ2n) is 6.03. The Bertz CT molecular complexity index is 729. The molecule has 2 aromatic rings. The minimum atomic E-state index is 0.00393. The largest absolute Gasteiger partial charge is 0.497 e. The highest BCUT2D eigenvalue weighted by Crippen LogP contribution is 2.19. The first-order chi connectivity index (χ1) is 11.2. The van der Waals surface area contributed by atoms with Gasteiger partial charge in [0, 0.05) is 26.7 Å². The van der Waals surface area contributed by atoms with Gasteiger partial charge in [-0.05, 0) is 37.1 Å². The van der Waals surface area contributed by atoms with E-state index in [2.05, 4.69) is 9.88 Å². The number of likely N-dealkylation sites (tertiary alicyclic amines) is 1. The molecule has 0 unspecified atom stereocenters. The van der Waals surface area contributed by atoms with E-state index < -0.39 is 0 Å². The molecule has 0 radical (unpaired) electrons. The van der Waals surface area contributed by atoms with Gasteiger partial charge in [-0.1, -0.05) is 0 Å². The molecule has 2 heterocycles. The van der Waals surface area contributed by atoms with Crippen LogP contribution >= 0.6 is 0 Å². The van der Waals surface area contributed by atoms with Crippen molar-refractivity contribution in [3.05, 3.63) is 34.9 Å². The summed E-state index contributed by atoms with van der Waals surface area (Å²) in [4.78, 5) is 19.5. The minimum Gasteiger partial charge on any atom is -0.497 e. The molecule has 1 aromatic carbocycles. The van der Waals surface area contributed by atoms with E-state index in [1.165, 1.54) is 0 Å². The molecule has 1 aliphatic rings. The molecule has 0 N–H and O–H groups in total. The molecule has 3 rings (SSSR count). The summed E-state index contributed by atoms with van der Waals surface area (Å²) in [5.74, 6) is 1.16. The zero-order chi connectivity index (χ0) is 16.2.